The highest BCUT2D eigenvalue weighted by atomic mass is 19.3. The lowest BCUT2D eigenvalue weighted by Crippen LogP contribution is -2.33. The number of nitrogens with zero attached hydrogens (tertiary/aromatic N) is 1. The topological polar surface area (TPSA) is 96.9 Å². The Morgan fingerprint density at radius 3 is 2.41 bits per heavy atom. The Kier molecular flexibility index (Phi) is 5.74. The molecule has 3 rings (SSSR count). The lowest BCUT2D eigenvalue weighted by Gasteiger charge is -2.33. The van der Waals surface area contributed by atoms with Crippen LogP contribution in [0.15, 0.2) is 23.2 Å². The molecule has 1 aromatic rings. The van der Waals surface area contributed by atoms with Gasteiger partial charge in [0, 0.05) is 30.5 Å². The van der Waals surface area contributed by atoms with Gasteiger partial charge in [0.25, 0.3) is 0 Å². The second-order valence-electron chi connectivity index (χ2n) is 7.58. The first kappa shape index (κ1) is 21.0. The monoisotopic (exact) mass is 387 g/mol. The molecule has 1 fully saturated rings. The lowest BCUT2D eigenvalue weighted by atomic mass is 9.82. The SMILES string of the molecule is CC1(C)C[C@@](C)(c2cc(NC(=O)O)ccc2F)N=C(N)CO1.FC1(F)CC1. The van der Waals surface area contributed by atoms with Crippen LogP contribution in [0.1, 0.15) is 45.6 Å². The third-order valence-electron chi connectivity index (χ3n) is 4.20. The first-order valence-electron chi connectivity index (χ1n) is 8.48. The van der Waals surface area contributed by atoms with E-state index >= 15 is 0 Å². The van der Waals surface area contributed by atoms with Gasteiger partial charge in [-0.3, -0.25) is 10.3 Å². The minimum absolute atomic E-state index is 0.118. The van der Waals surface area contributed by atoms with Crippen LogP contribution >= 0.6 is 0 Å². The van der Waals surface area contributed by atoms with Crippen LogP contribution in [0.25, 0.3) is 0 Å². The molecule has 0 aromatic heterocycles. The summed E-state index contributed by atoms with van der Waals surface area (Å²) in [7, 11) is 0. The average Bonchev–Trinajstić information content (AvgIpc) is 3.22. The van der Waals surface area contributed by atoms with Gasteiger partial charge in [-0.1, -0.05) is 0 Å². The zero-order valence-electron chi connectivity index (χ0n) is 15.5. The summed E-state index contributed by atoms with van der Waals surface area (Å²) in [6.07, 6.45) is -0.566. The van der Waals surface area contributed by atoms with E-state index in [4.69, 9.17) is 15.6 Å². The molecule has 0 radical (unpaired) electrons. The molecule has 1 amide bonds. The van der Waals surface area contributed by atoms with E-state index in [2.05, 4.69) is 10.3 Å². The molecular formula is C18H24F3N3O3. The fourth-order valence-electron chi connectivity index (χ4n) is 2.93. The summed E-state index contributed by atoms with van der Waals surface area (Å²) in [6.45, 7) is 5.71. The molecule has 0 saturated heterocycles. The number of benzene rings is 1. The predicted molar refractivity (Wildman–Crippen MR) is 95.9 cm³/mol. The number of hydrogen-bond acceptors (Lipinski definition) is 4. The smallest absolute Gasteiger partial charge is 0.409 e. The van der Waals surface area contributed by atoms with Gasteiger partial charge in [0.15, 0.2) is 0 Å². The van der Waals surface area contributed by atoms with E-state index in [9.17, 15) is 18.0 Å². The van der Waals surface area contributed by atoms with E-state index in [1.165, 1.54) is 18.2 Å². The second-order valence-corrected chi connectivity index (χ2v) is 7.58. The van der Waals surface area contributed by atoms with E-state index in [0.29, 0.717) is 6.42 Å². The summed E-state index contributed by atoms with van der Waals surface area (Å²) in [6, 6.07) is 4.03. The van der Waals surface area contributed by atoms with Crippen LogP contribution in [0.3, 0.4) is 0 Å². The van der Waals surface area contributed by atoms with Crippen LogP contribution in [0.5, 0.6) is 0 Å². The van der Waals surface area contributed by atoms with E-state index in [1.54, 1.807) is 6.92 Å². The van der Waals surface area contributed by atoms with E-state index in [1.807, 2.05) is 13.8 Å². The quantitative estimate of drug-likeness (QED) is 0.712. The summed E-state index contributed by atoms with van der Waals surface area (Å²) in [5.74, 6) is -2.43. The van der Waals surface area contributed by atoms with Gasteiger partial charge in [0.05, 0.1) is 11.1 Å². The van der Waals surface area contributed by atoms with Crippen molar-refractivity contribution >= 4 is 17.6 Å². The van der Waals surface area contributed by atoms with E-state index in [-0.39, 0.29) is 36.5 Å². The number of hydrogen-bond donors (Lipinski definition) is 3. The molecule has 2 aliphatic rings. The molecule has 27 heavy (non-hydrogen) atoms. The molecule has 150 valence electrons. The number of amides is 1. The molecule has 4 N–H and O–H groups in total. The highest BCUT2D eigenvalue weighted by molar-refractivity contribution is 5.83. The maximum atomic E-state index is 14.3. The minimum atomic E-state index is -2.25. The Bertz CT molecular complexity index is 747. The predicted octanol–water partition coefficient (Wildman–Crippen LogP) is 4.10. The van der Waals surface area contributed by atoms with Crippen molar-refractivity contribution in [2.45, 2.75) is 57.1 Å². The number of halogens is 3. The summed E-state index contributed by atoms with van der Waals surface area (Å²) in [5.41, 5.74) is 4.91. The fourth-order valence-corrected chi connectivity index (χ4v) is 2.93. The molecule has 1 saturated carbocycles. The molecule has 0 bridgehead atoms. The van der Waals surface area contributed by atoms with Gasteiger partial charge in [-0.05, 0) is 39.0 Å². The molecule has 9 heteroatoms. The summed E-state index contributed by atoms with van der Waals surface area (Å²) < 4.78 is 42.3. The normalized spacial score (nSPS) is 25.3. The molecule has 1 aliphatic heterocycles. The van der Waals surface area contributed by atoms with Crippen molar-refractivity contribution in [3.05, 3.63) is 29.6 Å². The standard InChI is InChI=1S/C15H20FN3O3.C3H4F2/c1-14(2)8-15(3,19-12(17)7-22-14)10-6-9(18-13(20)21)4-5-11(10)16;4-3(5)1-2-3/h4-6,18H,7-8H2,1-3H3,(H2,17,19)(H,20,21);1-2H2/t15-;/m0./s1. The van der Waals surface area contributed by atoms with Gasteiger partial charge in [0.1, 0.15) is 18.3 Å². The second kappa shape index (κ2) is 7.38. The third-order valence-corrected chi connectivity index (χ3v) is 4.20. The van der Waals surface area contributed by atoms with Crippen LogP contribution in [0.4, 0.5) is 23.7 Å². The molecule has 1 aliphatic carbocycles. The number of carbonyl (C=O) groups is 1. The van der Waals surface area contributed by atoms with Gasteiger partial charge >= 0.3 is 6.09 Å². The molecule has 1 atom stereocenters. The molecular weight excluding hydrogens is 363 g/mol. The number of nitrogens with two attached hydrogens (primary N) is 1. The Balaban J connectivity index is 0.000000451. The number of rotatable bonds is 2. The van der Waals surface area contributed by atoms with E-state index in [0.717, 1.165) is 0 Å². The van der Waals surface area contributed by atoms with Crippen LogP contribution in [0.2, 0.25) is 0 Å². The molecule has 1 heterocycles. The summed E-state index contributed by atoms with van der Waals surface area (Å²) >= 11 is 0. The van der Waals surface area contributed by atoms with Gasteiger partial charge in [-0.25, -0.2) is 18.0 Å². The summed E-state index contributed by atoms with van der Waals surface area (Å²) in [5, 5.41) is 11.0. The number of aliphatic imine (C=N–C) groups is 1. The maximum absolute atomic E-state index is 14.3. The molecule has 0 spiro atoms. The fraction of sp³-hybridized carbons (Fsp3) is 0.556. The molecule has 6 nitrogen and oxygen atoms in total. The van der Waals surface area contributed by atoms with E-state index < -0.39 is 29.0 Å². The van der Waals surface area contributed by atoms with Crippen molar-refractivity contribution < 1.29 is 27.8 Å². The van der Waals surface area contributed by atoms with Crippen LogP contribution in [-0.2, 0) is 10.3 Å². The van der Waals surface area contributed by atoms with Crippen molar-refractivity contribution in [2.24, 2.45) is 10.7 Å². The number of alkyl halides is 2. The van der Waals surface area contributed by atoms with Crippen LogP contribution in [-0.4, -0.2) is 35.2 Å². The van der Waals surface area contributed by atoms with Crippen LogP contribution < -0.4 is 11.1 Å². The van der Waals surface area contributed by atoms with Gasteiger partial charge < -0.3 is 15.6 Å². The first-order chi connectivity index (χ1) is 12.3. The van der Waals surface area contributed by atoms with Gasteiger partial charge in [-0.15, -0.1) is 0 Å². The van der Waals surface area contributed by atoms with Gasteiger partial charge in [-0.2, -0.15) is 0 Å². The summed E-state index contributed by atoms with van der Waals surface area (Å²) in [4.78, 5) is 15.2. The number of ether oxygens (including phenoxy) is 1. The number of carboxylic acid groups (broad SMARTS) is 1. The maximum Gasteiger partial charge on any atom is 0.409 e. The molecule has 1 aromatic carbocycles. The lowest BCUT2D eigenvalue weighted by molar-refractivity contribution is -0.0105. The Hall–Kier alpha value is -2.29. The Morgan fingerprint density at radius 2 is 1.89 bits per heavy atom. The largest absolute Gasteiger partial charge is 0.465 e. The first-order valence-corrected chi connectivity index (χ1v) is 8.48. The molecule has 0 unspecified atom stereocenters. The number of nitrogens with one attached hydrogen (secondary N) is 1. The van der Waals surface area contributed by atoms with Crippen molar-refractivity contribution in [1.82, 2.24) is 0 Å². The van der Waals surface area contributed by atoms with Crippen molar-refractivity contribution in [3.63, 3.8) is 0 Å². The van der Waals surface area contributed by atoms with Crippen LogP contribution in [0, 0.1) is 5.82 Å². The van der Waals surface area contributed by atoms with Crippen molar-refractivity contribution in [1.29, 1.82) is 0 Å². The van der Waals surface area contributed by atoms with Gasteiger partial charge in [0.2, 0.25) is 5.92 Å². The highest BCUT2D eigenvalue weighted by Crippen LogP contribution is 2.41. The highest BCUT2D eigenvalue weighted by Gasteiger charge is 2.43. The number of anilines is 1. The zero-order chi connectivity index (χ0) is 20.5. The zero-order valence-corrected chi connectivity index (χ0v) is 15.5. The minimum Gasteiger partial charge on any atom is -0.465 e. The Morgan fingerprint density at radius 1 is 1.30 bits per heavy atom. The van der Waals surface area contributed by atoms with Crippen molar-refractivity contribution in [3.8, 4) is 0 Å². The average molecular weight is 387 g/mol. The number of amidine groups is 1. The third kappa shape index (κ3) is 6.13. The Labute approximate surface area is 155 Å². The van der Waals surface area contributed by atoms with Crippen molar-refractivity contribution in [2.75, 3.05) is 11.9 Å².